The quantitative estimate of drug-likeness (QED) is 0.811. The van der Waals surface area contributed by atoms with Crippen LogP contribution in [0.5, 0.6) is 5.75 Å². The first kappa shape index (κ1) is 18.3. The summed E-state index contributed by atoms with van der Waals surface area (Å²) in [5, 5.41) is 4.49. The lowest BCUT2D eigenvalue weighted by molar-refractivity contribution is 0.0965. The Morgan fingerprint density at radius 2 is 2.15 bits per heavy atom. The Kier molecular flexibility index (Phi) is 5.51. The van der Waals surface area contributed by atoms with Gasteiger partial charge in [0.05, 0.1) is 30.0 Å². The zero-order chi connectivity index (χ0) is 18.7. The molecule has 0 bridgehead atoms. The van der Waals surface area contributed by atoms with Gasteiger partial charge in [-0.05, 0) is 25.8 Å². The van der Waals surface area contributed by atoms with Gasteiger partial charge in [-0.3, -0.25) is 0 Å². The summed E-state index contributed by atoms with van der Waals surface area (Å²) in [6.07, 6.45) is 1.22. The summed E-state index contributed by atoms with van der Waals surface area (Å²) in [5.41, 5.74) is 6.81. The summed E-state index contributed by atoms with van der Waals surface area (Å²) in [7, 11) is 1.54. The van der Waals surface area contributed by atoms with E-state index in [4.69, 9.17) is 31.3 Å². The van der Waals surface area contributed by atoms with Crippen LogP contribution in [0.25, 0.3) is 11.5 Å². The molecule has 2 N–H and O–H groups in total. The van der Waals surface area contributed by atoms with E-state index in [9.17, 15) is 4.79 Å². The molecule has 1 aromatic heterocycles. The maximum atomic E-state index is 11.8. The molecular weight excluding hydrogens is 360 g/mol. The van der Waals surface area contributed by atoms with E-state index >= 15 is 0 Å². The number of anilines is 1. The van der Waals surface area contributed by atoms with E-state index in [1.165, 1.54) is 7.11 Å². The highest BCUT2D eigenvalue weighted by atomic mass is 35.5. The van der Waals surface area contributed by atoms with Crippen molar-refractivity contribution in [2.75, 3.05) is 32.5 Å². The number of aromatic nitrogens is 2. The van der Waals surface area contributed by atoms with Gasteiger partial charge in [0.15, 0.2) is 5.82 Å². The highest BCUT2D eigenvalue weighted by molar-refractivity contribution is 6.33. The maximum absolute atomic E-state index is 11.8. The Bertz CT molecular complexity index is 787. The van der Waals surface area contributed by atoms with Crippen LogP contribution >= 0.6 is 11.6 Å². The van der Waals surface area contributed by atoms with Gasteiger partial charge in [0.25, 0.3) is 5.89 Å². The average molecular weight is 381 g/mol. The zero-order valence-electron chi connectivity index (χ0n) is 14.7. The van der Waals surface area contributed by atoms with Crippen LogP contribution in [-0.2, 0) is 4.74 Å². The van der Waals surface area contributed by atoms with Crippen molar-refractivity contribution in [3.05, 3.63) is 23.0 Å². The third kappa shape index (κ3) is 3.70. The predicted octanol–water partition coefficient (Wildman–Crippen LogP) is 3.32. The molecule has 0 unspecified atom stereocenters. The minimum atomic E-state index is -0.277. The van der Waals surface area contributed by atoms with Crippen molar-refractivity contribution < 1.29 is 18.8 Å². The average Bonchev–Trinajstić information content (AvgIpc) is 3.14. The minimum Gasteiger partial charge on any atom is -0.496 e. The fourth-order valence-corrected chi connectivity index (χ4v) is 3.11. The molecule has 8 nitrogen and oxygen atoms in total. The second kappa shape index (κ2) is 7.82. The van der Waals surface area contributed by atoms with Crippen LogP contribution in [0, 0.1) is 0 Å². The van der Waals surface area contributed by atoms with Crippen LogP contribution < -0.4 is 10.5 Å². The smallest absolute Gasteiger partial charge is 0.409 e. The lowest BCUT2D eigenvalue weighted by Crippen LogP contribution is -2.38. The van der Waals surface area contributed by atoms with E-state index in [0.717, 1.165) is 12.8 Å². The maximum Gasteiger partial charge on any atom is 0.409 e. The van der Waals surface area contributed by atoms with Crippen molar-refractivity contribution in [2.24, 2.45) is 0 Å². The predicted molar refractivity (Wildman–Crippen MR) is 96.3 cm³/mol. The topological polar surface area (TPSA) is 104 Å². The van der Waals surface area contributed by atoms with Gasteiger partial charge < -0.3 is 24.6 Å². The standard InChI is InChI=1S/C17H21ClN4O4/c1-3-25-17(23)22-6-4-10(5-7-22)15-20-16(26-21-15)11-8-12(18)13(19)9-14(11)24-2/h8-10H,3-7,19H2,1-2H3. The number of carbonyl (C=O) groups is 1. The third-order valence-corrected chi connectivity index (χ3v) is 4.70. The normalized spacial score (nSPS) is 15.1. The molecule has 140 valence electrons. The number of hydrogen-bond donors (Lipinski definition) is 1. The fraction of sp³-hybridized carbons (Fsp3) is 0.471. The van der Waals surface area contributed by atoms with Gasteiger partial charge >= 0.3 is 6.09 Å². The van der Waals surface area contributed by atoms with E-state index in [2.05, 4.69) is 10.1 Å². The summed E-state index contributed by atoms with van der Waals surface area (Å²) in [5.74, 6) is 1.57. The molecule has 1 saturated heterocycles. The van der Waals surface area contributed by atoms with Gasteiger partial charge in [-0.1, -0.05) is 16.8 Å². The number of amides is 1. The monoisotopic (exact) mass is 380 g/mol. The van der Waals surface area contributed by atoms with Crippen LogP contribution in [-0.4, -0.2) is 47.9 Å². The molecule has 0 aliphatic carbocycles. The third-order valence-electron chi connectivity index (χ3n) is 4.38. The summed E-state index contributed by atoms with van der Waals surface area (Å²) in [6.45, 7) is 3.37. The highest BCUT2D eigenvalue weighted by Gasteiger charge is 2.28. The van der Waals surface area contributed by atoms with Crippen molar-refractivity contribution >= 4 is 23.4 Å². The number of ether oxygens (including phenoxy) is 2. The molecule has 1 fully saturated rings. The largest absolute Gasteiger partial charge is 0.496 e. The number of rotatable bonds is 4. The molecule has 1 amide bonds. The Morgan fingerprint density at radius 3 is 2.81 bits per heavy atom. The first-order valence-corrected chi connectivity index (χ1v) is 8.80. The van der Waals surface area contributed by atoms with E-state index in [-0.39, 0.29) is 12.0 Å². The summed E-state index contributed by atoms with van der Waals surface area (Å²) in [4.78, 5) is 18.0. The fourth-order valence-electron chi connectivity index (χ4n) is 2.95. The Labute approximate surface area is 156 Å². The van der Waals surface area contributed by atoms with Gasteiger partial charge in [-0.15, -0.1) is 0 Å². The zero-order valence-corrected chi connectivity index (χ0v) is 15.5. The van der Waals surface area contributed by atoms with Gasteiger partial charge in [-0.2, -0.15) is 4.98 Å². The van der Waals surface area contributed by atoms with Crippen molar-refractivity contribution in [1.82, 2.24) is 15.0 Å². The molecule has 1 aromatic carbocycles. The molecular formula is C17H21ClN4O4. The Hall–Kier alpha value is -2.48. The van der Waals surface area contributed by atoms with Crippen LogP contribution in [0.1, 0.15) is 31.5 Å². The van der Waals surface area contributed by atoms with E-state index in [1.54, 1.807) is 24.0 Å². The van der Waals surface area contributed by atoms with Gasteiger partial charge in [-0.25, -0.2) is 4.79 Å². The second-order valence-electron chi connectivity index (χ2n) is 5.99. The number of halogens is 1. The number of hydrogen-bond acceptors (Lipinski definition) is 7. The number of nitrogen functional groups attached to an aromatic ring is 1. The molecule has 0 spiro atoms. The van der Waals surface area contributed by atoms with Crippen molar-refractivity contribution in [3.63, 3.8) is 0 Å². The first-order chi connectivity index (χ1) is 12.5. The van der Waals surface area contributed by atoms with Crippen molar-refractivity contribution in [1.29, 1.82) is 0 Å². The highest BCUT2D eigenvalue weighted by Crippen LogP contribution is 2.36. The number of nitrogens with zero attached hydrogens (tertiary/aromatic N) is 3. The van der Waals surface area contributed by atoms with E-state index in [0.29, 0.717) is 53.4 Å². The molecule has 9 heteroatoms. The number of methoxy groups -OCH3 is 1. The van der Waals surface area contributed by atoms with Crippen molar-refractivity contribution in [2.45, 2.75) is 25.7 Å². The molecule has 2 heterocycles. The Balaban J connectivity index is 1.74. The molecule has 0 atom stereocenters. The van der Waals surface area contributed by atoms with E-state index < -0.39 is 0 Å². The summed E-state index contributed by atoms with van der Waals surface area (Å²) < 4.78 is 15.8. The van der Waals surface area contributed by atoms with Crippen LogP contribution in [0.4, 0.5) is 10.5 Å². The van der Waals surface area contributed by atoms with Gasteiger partial charge in [0, 0.05) is 25.1 Å². The molecule has 3 rings (SSSR count). The molecule has 26 heavy (non-hydrogen) atoms. The number of benzene rings is 1. The molecule has 2 aromatic rings. The second-order valence-corrected chi connectivity index (χ2v) is 6.40. The molecule has 1 aliphatic rings. The molecule has 0 radical (unpaired) electrons. The summed E-state index contributed by atoms with van der Waals surface area (Å²) in [6, 6.07) is 3.27. The van der Waals surface area contributed by atoms with Crippen LogP contribution in [0.3, 0.4) is 0 Å². The van der Waals surface area contributed by atoms with Gasteiger partial charge in [0.1, 0.15) is 5.75 Å². The lowest BCUT2D eigenvalue weighted by Gasteiger charge is -2.29. The SMILES string of the molecule is CCOC(=O)N1CCC(c2noc(-c3cc(Cl)c(N)cc3OC)n2)CC1. The van der Waals surface area contributed by atoms with E-state index in [1.807, 2.05) is 0 Å². The lowest BCUT2D eigenvalue weighted by atomic mass is 9.96. The number of piperidine rings is 1. The number of nitrogens with two attached hydrogens (primary N) is 1. The number of likely N-dealkylation sites (tertiary alicyclic amines) is 1. The molecule has 1 aliphatic heterocycles. The number of carbonyl (C=O) groups excluding carboxylic acids is 1. The van der Waals surface area contributed by atoms with Gasteiger partial charge in [0.2, 0.25) is 0 Å². The Morgan fingerprint density at radius 1 is 1.42 bits per heavy atom. The molecule has 0 saturated carbocycles. The minimum absolute atomic E-state index is 0.119. The summed E-state index contributed by atoms with van der Waals surface area (Å²) >= 11 is 6.10. The first-order valence-electron chi connectivity index (χ1n) is 8.42. The van der Waals surface area contributed by atoms with Crippen LogP contribution in [0.2, 0.25) is 5.02 Å². The van der Waals surface area contributed by atoms with Crippen molar-refractivity contribution in [3.8, 4) is 17.2 Å². The van der Waals surface area contributed by atoms with Crippen LogP contribution in [0.15, 0.2) is 16.7 Å².